The highest BCUT2D eigenvalue weighted by molar-refractivity contribution is 6.30. The molecule has 20 heavy (non-hydrogen) atoms. The van der Waals surface area contributed by atoms with Crippen LogP contribution in [0, 0.1) is 5.92 Å². The molecule has 0 aliphatic carbocycles. The summed E-state index contributed by atoms with van der Waals surface area (Å²) in [5.74, 6) is 0.752. The van der Waals surface area contributed by atoms with Crippen molar-refractivity contribution in [3.8, 4) is 0 Å². The fraction of sp³-hybridized carbons (Fsp3) is 0.600. The monoisotopic (exact) mass is 296 g/mol. The predicted molar refractivity (Wildman–Crippen MR) is 79.0 cm³/mol. The van der Waals surface area contributed by atoms with Crippen LogP contribution in [0.2, 0.25) is 5.02 Å². The molecule has 0 aromatic carbocycles. The molecule has 0 atom stereocenters. The van der Waals surface area contributed by atoms with E-state index in [1.807, 2.05) is 4.90 Å². The second-order valence-corrected chi connectivity index (χ2v) is 5.70. The first-order valence-corrected chi connectivity index (χ1v) is 7.47. The molecular formula is C15H21ClN2O2. The number of pyridine rings is 1. The van der Waals surface area contributed by atoms with E-state index in [-0.39, 0.29) is 5.91 Å². The number of aromatic nitrogens is 1. The molecule has 0 radical (unpaired) electrons. The number of carbonyl (C=O) groups excluding carboxylic acids is 1. The van der Waals surface area contributed by atoms with Gasteiger partial charge in [0.2, 0.25) is 0 Å². The van der Waals surface area contributed by atoms with Gasteiger partial charge >= 0.3 is 0 Å². The minimum atomic E-state index is 0.0374. The Hall–Kier alpha value is -1.13. The fourth-order valence-corrected chi connectivity index (χ4v) is 2.83. The Bertz CT molecular complexity index is 445. The molecule has 1 aromatic heterocycles. The van der Waals surface area contributed by atoms with Crippen LogP contribution >= 0.6 is 11.6 Å². The number of carbonyl (C=O) groups is 1. The third kappa shape index (κ3) is 4.18. The molecule has 1 aliphatic rings. The van der Waals surface area contributed by atoms with Gasteiger partial charge in [-0.1, -0.05) is 11.6 Å². The molecule has 0 bridgehead atoms. The Morgan fingerprint density at radius 2 is 2.20 bits per heavy atom. The van der Waals surface area contributed by atoms with E-state index >= 15 is 0 Å². The van der Waals surface area contributed by atoms with E-state index in [9.17, 15) is 4.79 Å². The average molecular weight is 297 g/mol. The van der Waals surface area contributed by atoms with Crippen LogP contribution in [0.25, 0.3) is 0 Å². The Kier molecular flexibility index (Phi) is 5.80. The largest absolute Gasteiger partial charge is 0.385 e. The van der Waals surface area contributed by atoms with Gasteiger partial charge in [0.05, 0.1) is 10.6 Å². The van der Waals surface area contributed by atoms with Crippen molar-refractivity contribution in [3.63, 3.8) is 0 Å². The van der Waals surface area contributed by atoms with Crippen LogP contribution in [0.15, 0.2) is 18.5 Å². The Morgan fingerprint density at radius 3 is 2.85 bits per heavy atom. The lowest BCUT2D eigenvalue weighted by atomic mass is 9.92. The van der Waals surface area contributed by atoms with E-state index in [0.717, 1.165) is 39.0 Å². The van der Waals surface area contributed by atoms with E-state index in [1.54, 1.807) is 25.6 Å². The van der Waals surface area contributed by atoms with Crippen LogP contribution in [0.4, 0.5) is 0 Å². The topological polar surface area (TPSA) is 42.4 Å². The number of nitrogens with zero attached hydrogens (tertiary/aromatic N) is 2. The molecule has 0 N–H and O–H groups in total. The molecule has 2 rings (SSSR count). The summed E-state index contributed by atoms with van der Waals surface area (Å²) in [6.45, 7) is 2.47. The van der Waals surface area contributed by atoms with Gasteiger partial charge < -0.3 is 9.64 Å². The molecule has 1 fully saturated rings. The summed E-state index contributed by atoms with van der Waals surface area (Å²) in [6, 6.07) is 1.68. The molecule has 5 heteroatoms. The summed E-state index contributed by atoms with van der Waals surface area (Å²) in [5, 5.41) is 0.505. The Morgan fingerprint density at radius 1 is 1.45 bits per heavy atom. The van der Waals surface area contributed by atoms with E-state index in [4.69, 9.17) is 16.3 Å². The minimum absolute atomic E-state index is 0.0374. The van der Waals surface area contributed by atoms with Crippen LogP contribution < -0.4 is 0 Å². The fourth-order valence-electron chi connectivity index (χ4n) is 2.65. The van der Waals surface area contributed by atoms with E-state index in [0.29, 0.717) is 16.5 Å². The van der Waals surface area contributed by atoms with Crippen molar-refractivity contribution in [2.24, 2.45) is 5.92 Å². The number of hydrogen-bond acceptors (Lipinski definition) is 3. The maximum absolute atomic E-state index is 12.3. The number of methoxy groups -OCH3 is 1. The first kappa shape index (κ1) is 15.3. The second kappa shape index (κ2) is 7.60. The average Bonchev–Trinajstić information content (AvgIpc) is 2.47. The van der Waals surface area contributed by atoms with Crippen molar-refractivity contribution in [1.82, 2.24) is 9.88 Å². The number of halogens is 1. The van der Waals surface area contributed by atoms with Gasteiger partial charge in [0.15, 0.2) is 0 Å². The van der Waals surface area contributed by atoms with Crippen LogP contribution in [0.5, 0.6) is 0 Å². The first-order chi connectivity index (χ1) is 9.70. The van der Waals surface area contributed by atoms with Crippen molar-refractivity contribution >= 4 is 17.5 Å². The van der Waals surface area contributed by atoms with Gasteiger partial charge in [-0.05, 0) is 37.7 Å². The number of hydrogen-bond donors (Lipinski definition) is 0. The molecule has 1 aliphatic heterocycles. The highest BCUT2D eigenvalue weighted by Gasteiger charge is 2.23. The van der Waals surface area contributed by atoms with Crippen LogP contribution in [0.3, 0.4) is 0 Å². The van der Waals surface area contributed by atoms with Gasteiger partial charge in [0, 0.05) is 39.2 Å². The predicted octanol–water partition coefficient (Wildman–Crippen LogP) is 3.01. The van der Waals surface area contributed by atoms with Gasteiger partial charge in [-0.15, -0.1) is 0 Å². The van der Waals surface area contributed by atoms with E-state index in [2.05, 4.69) is 4.98 Å². The molecule has 0 unspecified atom stereocenters. The molecule has 1 amide bonds. The molecule has 1 saturated heterocycles. The quantitative estimate of drug-likeness (QED) is 0.785. The first-order valence-electron chi connectivity index (χ1n) is 7.09. The summed E-state index contributed by atoms with van der Waals surface area (Å²) in [6.07, 6.45) is 7.56. The lowest BCUT2D eigenvalue weighted by molar-refractivity contribution is 0.0680. The number of likely N-dealkylation sites (tertiary alicyclic amines) is 1. The van der Waals surface area contributed by atoms with Gasteiger partial charge in [-0.25, -0.2) is 0 Å². The molecule has 0 saturated carbocycles. The number of amides is 1. The van der Waals surface area contributed by atoms with E-state index < -0.39 is 0 Å². The lowest BCUT2D eigenvalue weighted by Crippen LogP contribution is -2.38. The summed E-state index contributed by atoms with van der Waals surface area (Å²) >= 11 is 5.88. The maximum Gasteiger partial charge on any atom is 0.255 e. The Balaban J connectivity index is 1.83. The summed E-state index contributed by atoms with van der Waals surface area (Å²) in [4.78, 5) is 18.2. The molecule has 0 spiro atoms. The maximum atomic E-state index is 12.3. The SMILES string of the molecule is COCCCC1CCN(C(=O)c2cncc(Cl)c2)CC1. The van der Waals surface area contributed by atoms with Crippen LogP contribution in [-0.4, -0.2) is 42.6 Å². The van der Waals surface area contributed by atoms with Gasteiger partial charge in [0.1, 0.15) is 0 Å². The summed E-state index contributed by atoms with van der Waals surface area (Å²) < 4.78 is 5.08. The Labute approximate surface area is 125 Å². The van der Waals surface area contributed by atoms with Crippen molar-refractivity contribution in [2.75, 3.05) is 26.8 Å². The van der Waals surface area contributed by atoms with Gasteiger partial charge in [-0.3, -0.25) is 9.78 Å². The molecule has 2 heterocycles. The third-order valence-corrected chi connectivity index (χ3v) is 4.02. The van der Waals surface area contributed by atoms with Crippen molar-refractivity contribution < 1.29 is 9.53 Å². The van der Waals surface area contributed by atoms with Gasteiger partial charge in [0.25, 0.3) is 5.91 Å². The zero-order valence-corrected chi connectivity index (χ0v) is 12.6. The number of piperidine rings is 1. The van der Waals surface area contributed by atoms with Crippen LogP contribution in [-0.2, 0) is 4.74 Å². The van der Waals surface area contributed by atoms with Crippen molar-refractivity contribution in [1.29, 1.82) is 0 Å². The molecule has 4 nitrogen and oxygen atoms in total. The molecular weight excluding hydrogens is 276 g/mol. The smallest absolute Gasteiger partial charge is 0.255 e. The van der Waals surface area contributed by atoms with Crippen LogP contribution in [0.1, 0.15) is 36.0 Å². The normalized spacial score (nSPS) is 16.4. The van der Waals surface area contributed by atoms with E-state index in [1.165, 1.54) is 6.42 Å². The molecule has 110 valence electrons. The minimum Gasteiger partial charge on any atom is -0.385 e. The van der Waals surface area contributed by atoms with Gasteiger partial charge in [-0.2, -0.15) is 0 Å². The standard InChI is InChI=1S/C15H21ClN2O2/c1-20-8-2-3-12-4-6-18(7-5-12)15(19)13-9-14(16)11-17-10-13/h9-12H,2-8H2,1H3. The highest BCUT2D eigenvalue weighted by atomic mass is 35.5. The third-order valence-electron chi connectivity index (χ3n) is 3.81. The zero-order valence-electron chi connectivity index (χ0n) is 11.8. The highest BCUT2D eigenvalue weighted by Crippen LogP contribution is 2.23. The summed E-state index contributed by atoms with van der Waals surface area (Å²) in [7, 11) is 1.74. The number of rotatable bonds is 5. The zero-order chi connectivity index (χ0) is 14.4. The van der Waals surface area contributed by atoms with Crippen molar-refractivity contribution in [3.05, 3.63) is 29.0 Å². The van der Waals surface area contributed by atoms with Crippen molar-refractivity contribution in [2.45, 2.75) is 25.7 Å². The summed E-state index contributed by atoms with van der Waals surface area (Å²) in [5.41, 5.74) is 0.579. The lowest BCUT2D eigenvalue weighted by Gasteiger charge is -2.32. The molecule has 1 aromatic rings. The second-order valence-electron chi connectivity index (χ2n) is 5.26. The number of ether oxygens (including phenoxy) is 1.